The molecule has 0 saturated carbocycles. The van der Waals surface area contributed by atoms with Gasteiger partial charge in [0.2, 0.25) is 15.8 Å². The predicted octanol–water partition coefficient (Wildman–Crippen LogP) is 2.22. The van der Waals surface area contributed by atoms with Crippen LogP contribution in [-0.4, -0.2) is 45.0 Å². The Morgan fingerprint density at radius 2 is 1.68 bits per heavy atom. The molecule has 0 saturated heterocycles. The molecule has 2 aromatic carbocycles. The third-order valence-electron chi connectivity index (χ3n) is 5.34. The van der Waals surface area contributed by atoms with Gasteiger partial charge in [-0.25, -0.2) is 8.42 Å². The summed E-state index contributed by atoms with van der Waals surface area (Å²) in [6, 6.07) is 14.0. The number of aromatic nitrogens is 4. The highest BCUT2D eigenvalue weighted by molar-refractivity contribution is 7.89. The van der Waals surface area contributed by atoms with E-state index in [0.29, 0.717) is 36.6 Å². The van der Waals surface area contributed by atoms with Gasteiger partial charge in [-0.1, -0.05) is 26.0 Å². The molecule has 0 fully saturated rings. The van der Waals surface area contributed by atoms with E-state index in [0.717, 1.165) is 11.2 Å². The molecule has 2 heterocycles. The summed E-state index contributed by atoms with van der Waals surface area (Å²) in [6.07, 6.45) is 0. The molecule has 1 N–H and O–H groups in total. The Labute approximate surface area is 180 Å². The topological polar surface area (TPSA) is 102 Å². The average Bonchev–Trinajstić information content (AvgIpc) is 3.21. The van der Waals surface area contributed by atoms with Crippen LogP contribution in [0.1, 0.15) is 19.7 Å². The number of hydrogen-bond donors (Lipinski definition) is 1. The fraction of sp³-hybridized carbons (Fsp3) is 0.286. The summed E-state index contributed by atoms with van der Waals surface area (Å²) in [6.45, 7) is 4.84. The largest absolute Gasteiger partial charge is 0.378 e. The number of sulfonamides is 1. The quantitative estimate of drug-likeness (QED) is 0.473. The minimum Gasteiger partial charge on any atom is -0.378 e. The van der Waals surface area contributed by atoms with Crippen LogP contribution in [0.2, 0.25) is 0 Å². The molecule has 0 aliphatic carbocycles. The predicted molar refractivity (Wildman–Crippen MR) is 120 cm³/mol. The Hall–Kier alpha value is -3.24. The summed E-state index contributed by atoms with van der Waals surface area (Å²) in [5.74, 6) is 1.10. The van der Waals surface area contributed by atoms with Gasteiger partial charge >= 0.3 is 0 Å². The highest BCUT2D eigenvalue weighted by Gasteiger charge is 2.21. The minimum atomic E-state index is -3.49. The first-order chi connectivity index (χ1) is 14.9. The van der Waals surface area contributed by atoms with Crippen LogP contribution in [0.25, 0.3) is 16.7 Å². The molecule has 162 valence electrons. The fourth-order valence-corrected chi connectivity index (χ4v) is 5.10. The molecular formula is C21H24N6O3S. The van der Waals surface area contributed by atoms with Crippen LogP contribution in [0, 0.1) is 0 Å². The maximum absolute atomic E-state index is 12.6. The number of benzene rings is 2. The smallest absolute Gasteiger partial charge is 0.262 e. The third-order valence-corrected chi connectivity index (χ3v) is 7.41. The Morgan fingerprint density at radius 1 is 1.00 bits per heavy atom. The maximum Gasteiger partial charge on any atom is 0.262 e. The van der Waals surface area contributed by atoms with Crippen LogP contribution >= 0.6 is 0 Å². The van der Waals surface area contributed by atoms with Crippen molar-refractivity contribution in [1.29, 1.82) is 0 Å². The first kappa shape index (κ1) is 21.0. The van der Waals surface area contributed by atoms with Crippen molar-refractivity contribution >= 4 is 32.4 Å². The molecule has 4 rings (SSSR count). The van der Waals surface area contributed by atoms with Crippen molar-refractivity contribution in [3.05, 3.63) is 64.7 Å². The fourth-order valence-electron chi connectivity index (χ4n) is 3.65. The van der Waals surface area contributed by atoms with E-state index in [4.69, 9.17) is 0 Å². The number of rotatable bonds is 7. The van der Waals surface area contributed by atoms with Crippen molar-refractivity contribution in [2.75, 3.05) is 18.4 Å². The number of nitrogens with one attached hydrogen (secondary N) is 1. The van der Waals surface area contributed by atoms with Gasteiger partial charge in [0.25, 0.3) is 5.56 Å². The molecule has 0 bridgehead atoms. The molecule has 0 aliphatic rings. The van der Waals surface area contributed by atoms with Gasteiger partial charge in [0.15, 0.2) is 5.82 Å². The van der Waals surface area contributed by atoms with Gasteiger partial charge in [-0.05, 0) is 36.4 Å². The van der Waals surface area contributed by atoms with Crippen LogP contribution in [-0.2, 0) is 23.6 Å². The Bertz CT molecular complexity index is 1400. The first-order valence-electron chi connectivity index (χ1n) is 10.0. The highest BCUT2D eigenvalue weighted by atomic mass is 32.2. The second-order valence-electron chi connectivity index (χ2n) is 7.10. The second-order valence-corrected chi connectivity index (χ2v) is 9.04. The zero-order valence-electron chi connectivity index (χ0n) is 17.6. The van der Waals surface area contributed by atoms with E-state index in [2.05, 4.69) is 15.5 Å². The molecule has 0 atom stereocenters. The lowest BCUT2D eigenvalue weighted by atomic mass is 10.2. The van der Waals surface area contributed by atoms with E-state index >= 15 is 0 Å². The van der Waals surface area contributed by atoms with Gasteiger partial charge in [0.05, 0.1) is 22.3 Å². The normalized spacial score (nSPS) is 12.1. The summed E-state index contributed by atoms with van der Waals surface area (Å²) in [4.78, 5) is 12.8. The molecule has 31 heavy (non-hydrogen) atoms. The molecule has 0 spiro atoms. The van der Waals surface area contributed by atoms with Crippen molar-refractivity contribution in [3.63, 3.8) is 0 Å². The summed E-state index contributed by atoms with van der Waals surface area (Å²) in [5, 5.41) is 12.3. The van der Waals surface area contributed by atoms with Crippen molar-refractivity contribution in [3.8, 4) is 0 Å². The summed E-state index contributed by atoms with van der Waals surface area (Å²) >= 11 is 0. The van der Waals surface area contributed by atoms with Gasteiger partial charge in [-0.15, -0.1) is 10.2 Å². The monoisotopic (exact) mass is 440 g/mol. The zero-order valence-corrected chi connectivity index (χ0v) is 18.4. The van der Waals surface area contributed by atoms with E-state index in [1.165, 1.54) is 8.87 Å². The number of hydrogen-bond acceptors (Lipinski definition) is 6. The molecule has 9 nitrogen and oxygen atoms in total. The van der Waals surface area contributed by atoms with Crippen LogP contribution in [0.15, 0.2) is 58.2 Å². The average molecular weight is 441 g/mol. The molecule has 4 aromatic rings. The van der Waals surface area contributed by atoms with E-state index in [9.17, 15) is 13.2 Å². The molecule has 10 heteroatoms. The van der Waals surface area contributed by atoms with E-state index < -0.39 is 10.0 Å². The van der Waals surface area contributed by atoms with Crippen molar-refractivity contribution < 1.29 is 8.42 Å². The van der Waals surface area contributed by atoms with Crippen molar-refractivity contribution in [2.45, 2.75) is 25.3 Å². The molecular weight excluding hydrogens is 416 g/mol. The second kappa shape index (κ2) is 8.12. The van der Waals surface area contributed by atoms with Crippen LogP contribution in [0.5, 0.6) is 0 Å². The van der Waals surface area contributed by atoms with Gasteiger partial charge in [0.1, 0.15) is 0 Å². The number of para-hydroxylation sites is 1. The number of fused-ring (bicyclic) bond motifs is 3. The minimum absolute atomic E-state index is 0.125. The van der Waals surface area contributed by atoms with Crippen LogP contribution < -0.4 is 10.9 Å². The number of aryl methyl sites for hydroxylation is 1. The third kappa shape index (κ3) is 3.57. The molecule has 0 amide bonds. The lowest BCUT2D eigenvalue weighted by Gasteiger charge is -2.18. The van der Waals surface area contributed by atoms with Crippen LogP contribution in [0.4, 0.5) is 5.69 Å². The van der Waals surface area contributed by atoms with Gasteiger partial charge in [-0.2, -0.15) is 4.31 Å². The molecule has 0 unspecified atom stereocenters. The zero-order chi connectivity index (χ0) is 22.2. The molecule has 0 aliphatic heterocycles. The summed E-state index contributed by atoms with van der Waals surface area (Å²) in [5.41, 5.74) is 1.37. The summed E-state index contributed by atoms with van der Waals surface area (Å²) < 4.78 is 30.0. The van der Waals surface area contributed by atoms with Crippen molar-refractivity contribution in [2.24, 2.45) is 7.05 Å². The van der Waals surface area contributed by atoms with Crippen molar-refractivity contribution in [1.82, 2.24) is 23.5 Å². The standard InChI is InChI=1S/C21H24N6O3S/c1-4-26(5-2)31(29,30)16-12-10-15(11-13-16)22-14-19-23-24-21-25(3)20(28)17-8-6-7-9-18(17)27(19)21/h6-13,22H,4-5,14H2,1-3H3. The number of nitrogens with zero attached hydrogens (tertiary/aromatic N) is 5. The van der Waals surface area contributed by atoms with Crippen LogP contribution in [0.3, 0.4) is 0 Å². The first-order valence-corrected chi connectivity index (χ1v) is 11.5. The lowest BCUT2D eigenvalue weighted by Crippen LogP contribution is -2.30. The lowest BCUT2D eigenvalue weighted by molar-refractivity contribution is 0.445. The van der Waals surface area contributed by atoms with Gasteiger partial charge in [0, 0.05) is 25.8 Å². The van der Waals surface area contributed by atoms with Gasteiger partial charge in [-0.3, -0.25) is 13.8 Å². The maximum atomic E-state index is 12.6. The summed E-state index contributed by atoms with van der Waals surface area (Å²) in [7, 11) is -1.82. The SMILES string of the molecule is CCN(CC)S(=O)(=O)c1ccc(NCc2nnc3n(C)c(=O)c4ccccc4n23)cc1. The molecule has 2 aromatic heterocycles. The Kier molecular flexibility index (Phi) is 5.50. The van der Waals surface area contributed by atoms with E-state index in [1.807, 2.05) is 36.4 Å². The van der Waals surface area contributed by atoms with E-state index in [-0.39, 0.29) is 10.5 Å². The Balaban J connectivity index is 1.63. The number of anilines is 1. The highest BCUT2D eigenvalue weighted by Crippen LogP contribution is 2.19. The van der Waals surface area contributed by atoms with E-state index in [1.54, 1.807) is 37.4 Å². The molecule has 0 radical (unpaired) electrons. The van der Waals surface area contributed by atoms with Gasteiger partial charge < -0.3 is 5.32 Å². The Morgan fingerprint density at radius 3 is 2.35 bits per heavy atom.